The van der Waals surface area contributed by atoms with Gasteiger partial charge in [-0.05, 0) is 36.3 Å². The lowest BCUT2D eigenvalue weighted by Crippen LogP contribution is -1.97. The summed E-state index contributed by atoms with van der Waals surface area (Å²) in [7, 11) is 0. The molecule has 0 saturated carbocycles. The monoisotopic (exact) mass is 206 g/mol. The molecule has 0 bridgehead atoms. The lowest BCUT2D eigenvalue weighted by molar-refractivity contribution is 0.278. The molecule has 0 amide bonds. The van der Waals surface area contributed by atoms with E-state index in [0.717, 1.165) is 6.42 Å². The van der Waals surface area contributed by atoms with E-state index >= 15 is 0 Å². The summed E-state index contributed by atoms with van der Waals surface area (Å²) in [6, 6.07) is 8.84. The van der Waals surface area contributed by atoms with Crippen molar-refractivity contribution in [1.82, 2.24) is 0 Å². The highest BCUT2D eigenvalue weighted by molar-refractivity contribution is 5.25. The highest BCUT2D eigenvalue weighted by Crippen LogP contribution is 2.19. The summed E-state index contributed by atoms with van der Waals surface area (Å²) < 4.78 is 0. The van der Waals surface area contributed by atoms with E-state index in [2.05, 4.69) is 38.1 Å². The maximum atomic E-state index is 8.87. The van der Waals surface area contributed by atoms with Crippen molar-refractivity contribution < 1.29 is 5.11 Å². The number of aryl methyl sites for hydroxylation is 1. The minimum atomic E-state index is 0.277. The number of hydrogen-bond acceptors (Lipinski definition) is 1. The van der Waals surface area contributed by atoms with Gasteiger partial charge < -0.3 is 5.11 Å². The van der Waals surface area contributed by atoms with Crippen LogP contribution in [-0.2, 0) is 6.42 Å². The average molecular weight is 206 g/mol. The third-order valence-electron chi connectivity index (χ3n) is 2.93. The molecule has 1 aromatic rings. The molecule has 0 radical (unpaired) electrons. The van der Waals surface area contributed by atoms with Gasteiger partial charge in [-0.3, -0.25) is 0 Å². The molecule has 0 aliphatic heterocycles. The Morgan fingerprint density at radius 1 is 1.20 bits per heavy atom. The van der Waals surface area contributed by atoms with Crippen molar-refractivity contribution in [1.29, 1.82) is 0 Å². The second-order valence-electron chi connectivity index (χ2n) is 4.26. The highest BCUT2D eigenvalue weighted by atomic mass is 16.3. The molecule has 1 aromatic carbocycles. The summed E-state index contributed by atoms with van der Waals surface area (Å²) in [6.45, 7) is 4.66. The Kier molecular flexibility index (Phi) is 5.41. The lowest BCUT2D eigenvalue weighted by Gasteiger charge is -2.10. The maximum Gasteiger partial charge on any atom is 0.0436 e. The van der Waals surface area contributed by atoms with E-state index in [1.54, 1.807) is 0 Å². The predicted octanol–water partition coefficient (Wildman–Crippen LogP) is 3.52. The van der Waals surface area contributed by atoms with Gasteiger partial charge in [-0.2, -0.15) is 0 Å². The fourth-order valence-electron chi connectivity index (χ4n) is 1.75. The molecule has 1 atom stereocenters. The number of rotatable bonds is 6. The van der Waals surface area contributed by atoms with Crippen LogP contribution in [0.3, 0.4) is 0 Å². The maximum absolute atomic E-state index is 8.87. The molecule has 15 heavy (non-hydrogen) atoms. The van der Waals surface area contributed by atoms with Crippen LogP contribution in [0.15, 0.2) is 24.3 Å². The summed E-state index contributed by atoms with van der Waals surface area (Å²) in [6.07, 6.45) is 4.56. The van der Waals surface area contributed by atoms with E-state index in [4.69, 9.17) is 5.11 Å². The zero-order valence-electron chi connectivity index (χ0n) is 9.87. The van der Waals surface area contributed by atoms with Crippen molar-refractivity contribution in [2.75, 3.05) is 6.61 Å². The van der Waals surface area contributed by atoms with Crippen molar-refractivity contribution >= 4 is 0 Å². The summed E-state index contributed by atoms with van der Waals surface area (Å²) in [5.74, 6) is 0.468. The Labute approximate surface area is 93.1 Å². The molecule has 84 valence electrons. The highest BCUT2D eigenvalue weighted by Gasteiger charge is 2.03. The molecule has 1 N–H and O–H groups in total. The number of aliphatic hydroxyl groups excluding tert-OH is 1. The second-order valence-corrected chi connectivity index (χ2v) is 4.26. The predicted molar refractivity (Wildman–Crippen MR) is 65.2 cm³/mol. The third kappa shape index (κ3) is 4.05. The van der Waals surface area contributed by atoms with Gasteiger partial charge in [0.2, 0.25) is 0 Å². The van der Waals surface area contributed by atoms with Gasteiger partial charge in [0.25, 0.3) is 0 Å². The third-order valence-corrected chi connectivity index (χ3v) is 2.93. The molecule has 0 heterocycles. The first-order valence-electron chi connectivity index (χ1n) is 5.97. The van der Waals surface area contributed by atoms with Crippen molar-refractivity contribution in [2.45, 2.75) is 45.4 Å². The van der Waals surface area contributed by atoms with E-state index in [0.29, 0.717) is 5.92 Å². The smallest absolute Gasteiger partial charge is 0.0436 e. The Morgan fingerprint density at radius 2 is 1.87 bits per heavy atom. The van der Waals surface area contributed by atoms with Gasteiger partial charge in [0.1, 0.15) is 0 Å². The number of hydrogen-bond donors (Lipinski definition) is 1. The number of unbranched alkanes of at least 4 members (excludes halogenated alkanes) is 1. The van der Waals surface area contributed by atoms with Gasteiger partial charge in [0, 0.05) is 6.61 Å². The lowest BCUT2D eigenvalue weighted by atomic mass is 9.96. The van der Waals surface area contributed by atoms with Gasteiger partial charge >= 0.3 is 0 Å². The molecule has 0 aromatic heterocycles. The van der Waals surface area contributed by atoms with Crippen LogP contribution >= 0.6 is 0 Å². The van der Waals surface area contributed by atoms with Gasteiger partial charge in [-0.15, -0.1) is 0 Å². The van der Waals surface area contributed by atoms with Crippen LogP contribution in [0.25, 0.3) is 0 Å². The van der Waals surface area contributed by atoms with Gasteiger partial charge in [-0.25, -0.2) is 0 Å². The first-order chi connectivity index (χ1) is 7.27. The molecule has 1 unspecified atom stereocenters. The molecule has 0 spiro atoms. The molecule has 0 aliphatic rings. The Balaban J connectivity index is 2.55. The Bertz CT molecular complexity index is 263. The zero-order valence-corrected chi connectivity index (χ0v) is 9.87. The van der Waals surface area contributed by atoms with Crippen LogP contribution in [0.2, 0.25) is 0 Å². The molecule has 0 fully saturated rings. The van der Waals surface area contributed by atoms with Crippen molar-refractivity contribution in [3.05, 3.63) is 35.4 Å². The van der Waals surface area contributed by atoms with Crippen molar-refractivity contribution in [2.24, 2.45) is 0 Å². The van der Waals surface area contributed by atoms with E-state index in [1.165, 1.54) is 30.4 Å². The molecule has 1 rings (SSSR count). The summed E-state index contributed by atoms with van der Waals surface area (Å²) in [5.41, 5.74) is 2.76. The van der Waals surface area contributed by atoms with Crippen LogP contribution in [0.1, 0.15) is 50.2 Å². The standard InChI is InChI=1S/C14H22O/c1-3-4-5-13-6-8-14(9-7-13)12(2)10-11-15/h6-9,12,15H,3-5,10-11H2,1-2H3. The summed E-state index contributed by atoms with van der Waals surface area (Å²) >= 11 is 0. The molecule has 0 aliphatic carbocycles. The fourth-order valence-corrected chi connectivity index (χ4v) is 1.75. The Morgan fingerprint density at radius 3 is 2.40 bits per heavy atom. The van der Waals surface area contributed by atoms with Crippen LogP contribution in [0.4, 0.5) is 0 Å². The van der Waals surface area contributed by atoms with Gasteiger partial charge in [-0.1, -0.05) is 44.5 Å². The SMILES string of the molecule is CCCCc1ccc(C(C)CCO)cc1. The Hall–Kier alpha value is -0.820. The summed E-state index contributed by atoms with van der Waals surface area (Å²) in [4.78, 5) is 0. The van der Waals surface area contributed by atoms with E-state index in [1.807, 2.05) is 0 Å². The summed E-state index contributed by atoms with van der Waals surface area (Å²) in [5, 5.41) is 8.87. The molecular weight excluding hydrogens is 184 g/mol. The number of benzene rings is 1. The van der Waals surface area contributed by atoms with Crippen molar-refractivity contribution in [3.63, 3.8) is 0 Å². The van der Waals surface area contributed by atoms with Crippen LogP contribution in [0.5, 0.6) is 0 Å². The van der Waals surface area contributed by atoms with Crippen LogP contribution in [0, 0.1) is 0 Å². The van der Waals surface area contributed by atoms with Crippen LogP contribution in [-0.4, -0.2) is 11.7 Å². The molecule has 1 nitrogen and oxygen atoms in total. The second kappa shape index (κ2) is 6.62. The quantitative estimate of drug-likeness (QED) is 0.755. The first kappa shape index (κ1) is 12.3. The first-order valence-corrected chi connectivity index (χ1v) is 5.97. The average Bonchev–Trinajstić information content (AvgIpc) is 2.27. The van der Waals surface area contributed by atoms with Crippen molar-refractivity contribution in [3.8, 4) is 0 Å². The largest absolute Gasteiger partial charge is 0.396 e. The fraction of sp³-hybridized carbons (Fsp3) is 0.571. The van der Waals surface area contributed by atoms with Crippen LogP contribution < -0.4 is 0 Å². The minimum Gasteiger partial charge on any atom is -0.396 e. The normalized spacial score (nSPS) is 12.7. The topological polar surface area (TPSA) is 20.2 Å². The molecule has 0 saturated heterocycles. The molecular formula is C14H22O. The van der Waals surface area contributed by atoms with Gasteiger partial charge in [0.05, 0.1) is 0 Å². The van der Waals surface area contributed by atoms with E-state index < -0.39 is 0 Å². The minimum absolute atomic E-state index is 0.277. The van der Waals surface area contributed by atoms with E-state index in [-0.39, 0.29) is 6.61 Å². The molecule has 1 heteroatoms. The zero-order chi connectivity index (χ0) is 11.1. The number of aliphatic hydroxyl groups is 1. The van der Waals surface area contributed by atoms with Gasteiger partial charge in [0.15, 0.2) is 0 Å². The van der Waals surface area contributed by atoms with E-state index in [9.17, 15) is 0 Å².